The lowest BCUT2D eigenvalue weighted by Gasteiger charge is -2.39. The number of ether oxygens (including phenoxy) is 1. The molecule has 1 spiro atoms. The summed E-state index contributed by atoms with van der Waals surface area (Å²) in [6.07, 6.45) is 0. The van der Waals surface area contributed by atoms with E-state index >= 15 is 0 Å². The van der Waals surface area contributed by atoms with Crippen LogP contribution < -0.4 is 10.1 Å². The summed E-state index contributed by atoms with van der Waals surface area (Å²) in [6.45, 7) is 0. The van der Waals surface area contributed by atoms with Crippen molar-refractivity contribution in [3.05, 3.63) is 156 Å². The van der Waals surface area contributed by atoms with Gasteiger partial charge in [-0.05, 0) is 59.2 Å². The van der Waals surface area contributed by atoms with Gasteiger partial charge in [0, 0.05) is 38.8 Å². The predicted octanol–water partition coefficient (Wildman–Crippen LogP) is 9.80. The third-order valence-electron chi connectivity index (χ3n) is 8.53. The minimum Gasteiger partial charge on any atom is -0.457 e. The number of nitrogens with one attached hydrogen (secondary N) is 1. The van der Waals surface area contributed by atoms with Crippen LogP contribution in [0.1, 0.15) is 22.3 Å². The molecule has 1 aliphatic carbocycles. The van der Waals surface area contributed by atoms with Gasteiger partial charge in [-0.1, -0.05) is 91.0 Å². The Kier molecular flexibility index (Phi) is 4.26. The average Bonchev–Trinajstić information content (AvgIpc) is 3.52. The first kappa shape index (κ1) is 21.6. The molecule has 7 aromatic rings. The van der Waals surface area contributed by atoms with Crippen LogP contribution in [-0.2, 0) is 5.41 Å². The van der Waals surface area contributed by atoms with Crippen LogP contribution in [-0.4, -0.2) is 0 Å². The maximum Gasteiger partial charge on any atom is 0.135 e. The zero-order valence-electron chi connectivity index (χ0n) is 21.5. The SMILES string of the molecule is c1ccc2c(c1)Oc1ccccc1C21c2ccccc2-c2c(Nc3ccc4oc5ccccc5c4c3)cccc21. The molecule has 0 bridgehead atoms. The fraction of sp³-hybridized carbons (Fsp3) is 0.0270. The smallest absolute Gasteiger partial charge is 0.135 e. The van der Waals surface area contributed by atoms with Crippen LogP contribution in [0.15, 0.2) is 138 Å². The average molecular weight is 514 g/mol. The highest BCUT2D eigenvalue weighted by Crippen LogP contribution is 2.63. The molecule has 40 heavy (non-hydrogen) atoms. The second-order valence-electron chi connectivity index (χ2n) is 10.6. The Morgan fingerprint density at radius 3 is 1.98 bits per heavy atom. The van der Waals surface area contributed by atoms with E-state index in [4.69, 9.17) is 9.15 Å². The number of rotatable bonds is 2. The lowest BCUT2D eigenvalue weighted by Crippen LogP contribution is -2.32. The van der Waals surface area contributed by atoms with Crippen molar-refractivity contribution >= 4 is 33.3 Å². The minimum absolute atomic E-state index is 0.472. The summed E-state index contributed by atoms with van der Waals surface area (Å²) in [7, 11) is 0. The van der Waals surface area contributed by atoms with Gasteiger partial charge < -0.3 is 14.5 Å². The van der Waals surface area contributed by atoms with Crippen LogP contribution in [0.3, 0.4) is 0 Å². The van der Waals surface area contributed by atoms with Crippen molar-refractivity contribution in [1.82, 2.24) is 0 Å². The van der Waals surface area contributed by atoms with E-state index < -0.39 is 5.41 Å². The molecule has 0 amide bonds. The van der Waals surface area contributed by atoms with Crippen molar-refractivity contribution in [3.8, 4) is 22.6 Å². The highest BCUT2D eigenvalue weighted by molar-refractivity contribution is 6.06. The maximum absolute atomic E-state index is 6.46. The summed E-state index contributed by atoms with van der Waals surface area (Å²) in [6, 6.07) is 46.9. The molecule has 0 atom stereocenters. The molecule has 0 radical (unpaired) electrons. The quantitative estimate of drug-likeness (QED) is 0.250. The van der Waals surface area contributed by atoms with Crippen molar-refractivity contribution in [3.63, 3.8) is 0 Å². The molecule has 0 saturated heterocycles. The Labute approximate surface area is 231 Å². The van der Waals surface area contributed by atoms with E-state index in [1.165, 1.54) is 33.4 Å². The van der Waals surface area contributed by atoms with Crippen molar-refractivity contribution in [2.75, 3.05) is 5.32 Å². The molecule has 9 rings (SSSR count). The zero-order valence-corrected chi connectivity index (χ0v) is 21.5. The molecule has 3 nitrogen and oxygen atoms in total. The standard InChI is InChI=1S/C37H23NO2/c1-3-12-27-25(11-1)36-30(37(27)28-13-4-7-18-34(28)40-35-19-8-5-14-29(35)37)15-9-16-31(36)38-23-20-21-33-26(22-23)24-10-2-6-17-32(24)39-33/h1-22,38H. The van der Waals surface area contributed by atoms with Crippen molar-refractivity contribution in [2.45, 2.75) is 5.41 Å². The third kappa shape index (κ3) is 2.73. The third-order valence-corrected chi connectivity index (χ3v) is 8.53. The summed E-state index contributed by atoms with van der Waals surface area (Å²) < 4.78 is 12.5. The molecule has 2 heterocycles. The molecule has 1 aromatic heterocycles. The minimum atomic E-state index is -0.472. The van der Waals surface area contributed by atoms with Crippen LogP contribution in [0.4, 0.5) is 11.4 Å². The lowest BCUT2D eigenvalue weighted by atomic mass is 9.66. The Morgan fingerprint density at radius 2 is 1.15 bits per heavy atom. The van der Waals surface area contributed by atoms with Gasteiger partial charge in [-0.2, -0.15) is 0 Å². The van der Waals surface area contributed by atoms with Gasteiger partial charge in [-0.25, -0.2) is 0 Å². The summed E-state index contributed by atoms with van der Waals surface area (Å²) in [5.74, 6) is 1.80. The van der Waals surface area contributed by atoms with E-state index in [-0.39, 0.29) is 0 Å². The van der Waals surface area contributed by atoms with Crippen LogP contribution in [0, 0.1) is 0 Å². The molecule has 2 aliphatic rings. The Hall–Kier alpha value is -5.28. The number of anilines is 2. The molecule has 6 aromatic carbocycles. The van der Waals surface area contributed by atoms with E-state index in [0.717, 1.165) is 44.8 Å². The van der Waals surface area contributed by atoms with Gasteiger partial charge in [0.15, 0.2) is 0 Å². The van der Waals surface area contributed by atoms with Crippen LogP contribution in [0.5, 0.6) is 11.5 Å². The van der Waals surface area contributed by atoms with Gasteiger partial charge in [0.05, 0.1) is 5.41 Å². The molecule has 0 fully saturated rings. The van der Waals surface area contributed by atoms with Crippen molar-refractivity contribution in [2.24, 2.45) is 0 Å². The highest BCUT2D eigenvalue weighted by Gasteiger charge is 2.51. The summed E-state index contributed by atoms with van der Waals surface area (Å²) in [4.78, 5) is 0. The molecule has 0 unspecified atom stereocenters. The van der Waals surface area contributed by atoms with Gasteiger partial charge in [0.25, 0.3) is 0 Å². The molecular weight excluding hydrogens is 490 g/mol. The molecule has 188 valence electrons. The molecule has 1 N–H and O–H groups in total. The first-order chi connectivity index (χ1) is 19.8. The van der Waals surface area contributed by atoms with Gasteiger partial charge in [-0.15, -0.1) is 0 Å². The number of hydrogen-bond acceptors (Lipinski definition) is 3. The molecular formula is C37H23NO2. The Bertz CT molecular complexity index is 2090. The number of benzene rings is 6. The van der Waals surface area contributed by atoms with Crippen LogP contribution in [0.25, 0.3) is 33.1 Å². The topological polar surface area (TPSA) is 34.4 Å². The maximum atomic E-state index is 6.46. The lowest BCUT2D eigenvalue weighted by molar-refractivity contribution is 0.436. The molecule has 3 heteroatoms. The second kappa shape index (κ2) is 7.87. The van der Waals surface area contributed by atoms with E-state index in [1.54, 1.807) is 0 Å². The molecule has 1 aliphatic heterocycles. The molecule has 0 saturated carbocycles. The number of hydrogen-bond donors (Lipinski definition) is 1. The largest absolute Gasteiger partial charge is 0.457 e. The summed E-state index contributed by atoms with van der Waals surface area (Å²) in [5, 5.41) is 6.02. The second-order valence-corrected chi connectivity index (χ2v) is 10.6. The van der Waals surface area contributed by atoms with E-state index in [9.17, 15) is 0 Å². The fourth-order valence-corrected chi connectivity index (χ4v) is 6.97. The van der Waals surface area contributed by atoms with Gasteiger partial charge in [0.1, 0.15) is 22.7 Å². The van der Waals surface area contributed by atoms with Gasteiger partial charge >= 0.3 is 0 Å². The normalized spacial score (nSPS) is 13.9. The first-order valence-electron chi connectivity index (χ1n) is 13.6. The number of para-hydroxylation sites is 3. The highest BCUT2D eigenvalue weighted by atomic mass is 16.5. The monoisotopic (exact) mass is 513 g/mol. The van der Waals surface area contributed by atoms with Crippen molar-refractivity contribution in [1.29, 1.82) is 0 Å². The summed E-state index contributed by atoms with van der Waals surface area (Å²) in [5.41, 5.74) is 10.8. The number of fused-ring (bicyclic) bond motifs is 12. The van der Waals surface area contributed by atoms with E-state index in [2.05, 4.69) is 127 Å². The Balaban J connectivity index is 1.30. The Morgan fingerprint density at radius 1 is 0.500 bits per heavy atom. The zero-order chi connectivity index (χ0) is 26.3. The van der Waals surface area contributed by atoms with Crippen LogP contribution >= 0.6 is 0 Å². The summed E-state index contributed by atoms with van der Waals surface area (Å²) >= 11 is 0. The van der Waals surface area contributed by atoms with E-state index in [0.29, 0.717) is 0 Å². The van der Waals surface area contributed by atoms with Gasteiger partial charge in [0.2, 0.25) is 0 Å². The first-order valence-corrected chi connectivity index (χ1v) is 13.6. The van der Waals surface area contributed by atoms with Crippen LogP contribution in [0.2, 0.25) is 0 Å². The van der Waals surface area contributed by atoms with Gasteiger partial charge in [-0.3, -0.25) is 0 Å². The fourth-order valence-electron chi connectivity index (χ4n) is 6.97. The van der Waals surface area contributed by atoms with Crippen molar-refractivity contribution < 1.29 is 9.15 Å². The predicted molar refractivity (Wildman–Crippen MR) is 161 cm³/mol. The van der Waals surface area contributed by atoms with E-state index in [1.807, 2.05) is 12.1 Å². The number of furan rings is 1.